The zero-order valence-corrected chi connectivity index (χ0v) is 9.10. The van der Waals surface area contributed by atoms with Gasteiger partial charge in [-0.05, 0) is 12.8 Å². The molecule has 0 aliphatic heterocycles. The third-order valence-corrected chi connectivity index (χ3v) is 3.14. The van der Waals surface area contributed by atoms with Gasteiger partial charge in [0.15, 0.2) is 0 Å². The molecule has 0 aliphatic carbocycles. The predicted molar refractivity (Wildman–Crippen MR) is 56.0 cm³/mol. The van der Waals surface area contributed by atoms with Crippen molar-refractivity contribution < 1.29 is 5.11 Å². The van der Waals surface area contributed by atoms with E-state index >= 15 is 0 Å². The maximum absolute atomic E-state index is 10.2. The number of hydrogen-bond acceptors (Lipinski definition) is 3. The maximum Gasteiger partial charge on any atom is 0.0794 e. The van der Waals surface area contributed by atoms with Crippen molar-refractivity contribution in [3.05, 3.63) is 16.6 Å². The minimum atomic E-state index is -0.513. The Morgan fingerprint density at radius 3 is 2.77 bits per heavy atom. The summed E-state index contributed by atoms with van der Waals surface area (Å²) in [5.74, 6) is 0. The third-order valence-electron chi connectivity index (χ3n) is 2.36. The summed E-state index contributed by atoms with van der Waals surface area (Å²) in [4.78, 5) is 5.19. The molecule has 1 aromatic heterocycles. The van der Waals surface area contributed by atoms with Gasteiger partial charge in [0.2, 0.25) is 0 Å². The summed E-state index contributed by atoms with van der Waals surface area (Å²) in [6, 6.07) is 0. The van der Waals surface area contributed by atoms with Gasteiger partial charge in [0.1, 0.15) is 0 Å². The van der Waals surface area contributed by atoms with Gasteiger partial charge in [-0.1, -0.05) is 20.3 Å². The monoisotopic (exact) mass is 199 g/mol. The van der Waals surface area contributed by atoms with Crippen LogP contribution in [0.15, 0.2) is 11.7 Å². The van der Waals surface area contributed by atoms with Crippen molar-refractivity contribution in [1.29, 1.82) is 0 Å². The second kappa shape index (κ2) is 4.72. The van der Waals surface area contributed by atoms with E-state index in [9.17, 15) is 5.11 Å². The number of rotatable bonds is 5. The van der Waals surface area contributed by atoms with Gasteiger partial charge in [0.05, 0.1) is 11.1 Å². The highest BCUT2D eigenvalue weighted by Crippen LogP contribution is 2.24. The largest absolute Gasteiger partial charge is 0.390 e. The van der Waals surface area contributed by atoms with E-state index in [1.807, 2.05) is 18.6 Å². The normalized spacial score (nSPS) is 15.6. The van der Waals surface area contributed by atoms with Crippen molar-refractivity contribution >= 4 is 11.3 Å². The first-order chi connectivity index (χ1) is 6.20. The van der Waals surface area contributed by atoms with Crippen LogP contribution >= 0.6 is 11.3 Å². The maximum atomic E-state index is 10.2. The predicted octanol–water partition coefficient (Wildman–Crippen LogP) is 2.63. The molecule has 74 valence electrons. The molecule has 0 aliphatic rings. The van der Waals surface area contributed by atoms with E-state index < -0.39 is 5.60 Å². The molecule has 1 N–H and O–H groups in total. The van der Waals surface area contributed by atoms with Crippen LogP contribution in [0, 0.1) is 0 Å². The molecule has 1 rings (SSSR count). The molecule has 0 saturated carbocycles. The van der Waals surface area contributed by atoms with Crippen LogP contribution < -0.4 is 0 Å². The van der Waals surface area contributed by atoms with Crippen LogP contribution in [0.4, 0.5) is 0 Å². The van der Waals surface area contributed by atoms with Gasteiger partial charge < -0.3 is 5.11 Å². The van der Waals surface area contributed by atoms with E-state index in [1.54, 1.807) is 11.3 Å². The number of nitrogens with zero attached hydrogens (tertiary/aromatic N) is 1. The lowest BCUT2D eigenvalue weighted by Gasteiger charge is -2.25. The second-order valence-corrected chi connectivity index (χ2v) is 4.44. The summed E-state index contributed by atoms with van der Waals surface area (Å²) in [6.07, 6.45) is 5.33. The van der Waals surface area contributed by atoms with Crippen molar-refractivity contribution in [2.75, 3.05) is 0 Å². The molecule has 0 radical (unpaired) electrons. The quantitative estimate of drug-likeness (QED) is 0.790. The molecule has 1 heterocycles. The summed E-state index contributed by atoms with van der Waals surface area (Å²) < 4.78 is 0. The molecular formula is C10H17NOS. The van der Waals surface area contributed by atoms with Crippen LogP contribution in [-0.4, -0.2) is 15.7 Å². The van der Waals surface area contributed by atoms with Crippen LogP contribution in [0.2, 0.25) is 0 Å². The first-order valence-corrected chi connectivity index (χ1v) is 5.68. The molecule has 0 spiro atoms. The van der Waals surface area contributed by atoms with Gasteiger partial charge in [-0.2, -0.15) is 0 Å². The first-order valence-electron chi connectivity index (χ1n) is 4.80. The summed E-state index contributed by atoms with van der Waals surface area (Å²) in [7, 11) is 0. The fourth-order valence-electron chi connectivity index (χ4n) is 1.51. The van der Waals surface area contributed by atoms with E-state index in [0.29, 0.717) is 0 Å². The minimum absolute atomic E-state index is 0.513. The van der Waals surface area contributed by atoms with Crippen LogP contribution in [0.5, 0.6) is 0 Å². The van der Waals surface area contributed by atoms with Crippen LogP contribution in [0.1, 0.15) is 38.0 Å². The molecule has 0 bridgehead atoms. The zero-order valence-electron chi connectivity index (χ0n) is 8.29. The summed E-state index contributed by atoms with van der Waals surface area (Å²) in [5.41, 5.74) is 1.30. The number of aromatic nitrogens is 1. The molecule has 13 heavy (non-hydrogen) atoms. The van der Waals surface area contributed by atoms with Crippen molar-refractivity contribution in [1.82, 2.24) is 4.98 Å². The van der Waals surface area contributed by atoms with Gasteiger partial charge in [0, 0.05) is 17.5 Å². The minimum Gasteiger partial charge on any atom is -0.390 e. The lowest BCUT2D eigenvalue weighted by atomic mass is 9.91. The molecular weight excluding hydrogens is 182 g/mol. The van der Waals surface area contributed by atoms with Gasteiger partial charge >= 0.3 is 0 Å². The lowest BCUT2D eigenvalue weighted by Crippen LogP contribution is -2.29. The summed E-state index contributed by atoms with van der Waals surface area (Å²) >= 11 is 1.62. The van der Waals surface area contributed by atoms with Crippen molar-refractivity contribution in [2.24, 2.45) is 0 Å². The highest BCUT2D eigenvalue weighted by Gasteiger charge is 2.24. The Bertz CT molecular complexity index is 235. The van der Waals surface area contributed by atoms with Crippen LogP contribution in [0.25, 0.3) is 0 Å². The van der Waals surface area contributed by atoms with Gasteiger partial charge in [-0.3, -0.25) is 4.98 Å². The molecule has 0 saturated heterocycles. The molecule has 1 unspecified atom stereocenters. The molecule has 2 nitrogen and oxygen atoms in total. The molecule has 0 fully saturated rings. The topological polar surface area (TPSA) is 33.1 Å². The first kappa shape index (κ1) is 10.7. The molecule has 1 atom stereocenters. The van der Waals surface area contributed by atoms with E-state index in [2.05, 4.69) is 11.9 Å². The average molecular weight is 199 g/mol. The Hall–Kier alpha value is -0.410. The fourth-order valence-corrected chi connectivity index (χ4v) is 2.24. The summed E-state index contributed by atoms with van der Waals surface area (Å²) in [5, 5.41) is 10.2. The van der Waals surface area contributed by atoms with Gasteiger partial charge in [0.25, 0.3) is 0 Å². The van der Waals surface area contributed by atoms with Gasteiger partial charge in [-0.15, -0.1) is 11.3 Å². The van der Waals surface area contributed by atoms with E-state index in [1.165, 1.54) is 4.88 Å². The fraction of sp³-hybridized carbons (Fsp3) is 0.700. The molecule has 1 aromatic rings. The van der Waals surface area contributed by atoms with E-state index in [0.717, 1.165) is 25.7 Å². The Labute approximate surface area is 83.6 Å². The SMILES string of the molecule is CCCC(O)(CC)Cc1cncs1. The smallest absolute Gasteiger partial charge is 0.0794 e. The Morgan fingerprint density at radius 1 is 1.54 bits per heavy atom. The lowest BCUT2D eigenvalue weighted by molar-refractivity contribution is 0.0278. The standard InChI is InChI=1S/C10H17NOS/c1-3-5-10(12,4-2)6-9-7-11-8-13-9/h7-8,12H,3-6H2,1-2H3. The van der Waals surface area contributed by atoms with Gasteiger partial charge in [-0.25, -0.2) is 0 Å². The van der Waals surface area contributed by atoms with Crippen LogP contribution in [-0.2, 0) is 6.42 Å². The molecule has 0 amide bonds. The Balaban J connectivity index is 2.58. The van der Waals surface area contributed by atoms with Crippen molar-refractivity contribution in [2.45, 2.75) is 45.1 Å². The third kappa shape index (κ3) is 3.08. The van der Waals surface area contributed by atoms with E-state index in [4.69, 9.17) is 0 Å². The Kier molecular flexibility index (Phi) is 3.88. The zero-order chi connectivity index (χ0) is 9.73. The summed E-state index contributed by atoms with van der Waals surface area (Å²) in [6.45, 7) is 4.14. The average Bonchev–Trinajstić information content (AvgIpc) is 2.57. The molecule has 0 aromatic carbocycles. The highest BCUT2D eigenvalue weighted by atomic mass is 32.1. The second-order valence-electron chi connectivity index (χ2n) is 3.47. The highest BCUT2D eigenvalue weighted by molar-refractivity contribution is 7.09. The van der Waals surface area contributed by atoms with Crippen molar-refractivity contribution in [3.63, 3.8) is 0 Å². The molecule has 3 heteroatoms. The van der Waals surface area contributed by atoms with Crippen molar-refractivity contribution in [3.8, 4) is 0 Å². The number of thiazole rings is 1. The number of aliphatic hydroxyl groups is 1. The Morgan fingerprint density at radius 2 is 2.31 bits per heavy atom. The van der Waals surface area contributed by atoms with Crippen LogP contribution in [0.3, 0.4) is 0 Å². The van der Waals surface area contributed by atoms with E-state index in [-0.39, 0.29) is 0 Å². The number of hydrogen-bond donors (Lipinski definition) is 1.